The van der Waals surface area contributed by atoms with E-state index in [1.807, 2.05) is 0 Å². The molecule has 0 spiro atoms. The van der Waals surface area contributed by atoms with E-state index in [0.29, 0.717) is 4.68 Å². The first-order valence-corrected chi connectivity index (χ1v) is 3.99. The molecule has 0 N–H and O–H groups in total. The molecular weight excluding hydrogens is 236 g/mol. The van der Waals surface area contributed by atoms with Crippen molar-refractivity contribution in [3.63, 3.8) is 0 Å². The number of nitro groups is 1. The summed E-state index contributed by atoms with van der Waals surface area (Å²) in [6, 6.07) is 0. The standard InChI is InChI=1S/C6H4ClF2N3O3/c7-6(13)5-3(12(14)15)1-11(10-5)2-4(8)9/h1,4H,2H2. The number of aromatic nitrogens is 2. The van der Waals surface area contributed by atoms with Gasteiger partial charge in [-0.3, -0.25) is 19.6 Å². The number of hydrogen-bond donors (Lipinski definition) is 0. The third kappa shape index (κ3) is 2.69. The Morgan fingerprint density at radius 2 is 2.33 bits per heavy atom. The van der Waals surface area contributed by atoms with Crippen LogP contribution in [0, 0.1) is 10.1 Å². The van der Waals surface area contributed by atoms with Crippen molar-refractivity contribution in [2.75, 3.05) is 0 Å². The van der Waals surface area contributed by atoms with Gasteiger partial charge in [-0.05, 0) is 11.6 Å². The monoisotopic (exact) mass is 239 g/mol. The van der Waals surface area contributed by atoms with Crippen LogP contribution in [-0.4, -0.2) is 26.4 Å². The molecule has 15 heavy (non-hydrogen) atoms. The van der Waals surface area contributed by atoms with Gasteiger partial charge < -0.3 is 0 Å². The molecule has 0 radical (unpaired) electrons. The van der Waals surface area contributed by atoms with Crippen molar-refractivity contribution in [1.29, 1.82) is 0 Å². The molecule has 0 bridgehead atoms. The van der Waals surface area contributed by atoms with E-state index in [0.717, 1.165) is 6.20 Å². The van der Waals surface area contributed by atoms with Crippen LogP contribution in [0.2, 0.25) is 0 Å². The average Bonchev–Trinajstić information content (AvgIpc) is 2.46. The number of alkyl halides is 2. The Balaban J connectivity index is 3.09. The Hall–Kier alpha value is -1.57. The van der Waals surface area contributed by atoms with Crippen LogP contribution in [-0.2, 0) is 6.54 Å². The van der Waals surface area contributed by atoms with Gasteiger partial charge in [-0.2, -0.15) is 5.10 Å². The highest BCUT2D eigenvalue weighted by atomic mass is 35.5. The first-order chi connectivity index (χ1) is 6.91. The topological polar surface area (TPSA) is 78.0 Å². The summed E-state index contributed by atoms with van der Waals surface area (Å²) in [7, 11) is 0. The lowest BCUT2D eigenvalue weighted by Crippen LogP contribution is -2.07. The molecule has 0 saturated heterocycles. The summed E-state index contributed by atoms with van der Waals surface area (Å²) >= 11 is 5.00. The zero-order valence-electron chi connectivity index (χ0n) is 7.06. The Bertz CT molecular complexity index is 375. The molecule has 1 rings (SSSR count). The van der Waals surface area contributed by atoms with Crippen LogP contribution in [0.15, 0.2) is 6.20 Å². The second-order valence-electron chi connectivity index (χ2n) is 2.51. The molecule has 0 unspecified atom stereocenters. The van der Waals surface area contributed by atoms with Crippen molar-refractivity contribution in [3.8, 4) is 0 Å². The van der Waals surface area contributed by atoms with Crippen molar-refractivity contribution in [2.45, 2.75) is 13.0 Å². The predicted octanol–water partition coefficient (Wildman–Crippen LogP) is 1.44. The van der Waals surface area contributed by atoms with Gasteiger partial charge in [0.1, 0.15) is 12.7 Å². The van der Waals surface area contributed by atoms with Gasteiger partial charge in [-0.25, -0.2) is 8.78 Å². The summed E-state index contributed by atoms with van der Waals surface area (Å²) in [6.07, 6.45) is -1.98. The maximum atomic E-state index is 11.9. The Morgan fingerprint density at radius 3 is 2.67 bits per heavy atom. The minimum Gasteiger partial charge on any atom is -0.273 e. The SMILES string of the molecule is O=C(Cl)c1nn(CC(F)F)cc1[N+](=O)[O-]. The lowest BCUT2D eigenvalue weighted by Gasteiger charge is -1.96. The number of hydrogen-bond acceptors (Lipinski definition) is 4. The fourth-order valence-corrected chi connectivity index (χ4v) is 1.05. The molecule has 1 aromatic heterocycles. The van der Waals surface area contributed by atoms with Crippen LogP contribution in [0.4, 0.5) is 14.5 Å². The van der Waals surface area contributed by atoms with Gasteiger partial charge in [-0.15, -0.1) is 0 Å². The molecule has 0 aliphatic rings. The van der Waals surface area contributed by atoms with Gasteiger partial charge in [0.2, 0.25) is 5.69 Å². The van der Waals surface area contributed by atoms with Crippen molar-refractivity contribution in [3.05, 3.63) is 22.0 Å². The van der Waals surface area contributed by atoms with Gasteiger partial charge in [0.15, 0.2) is 0 Å². The summed E-state index contributed by atoms with van der Waals surface area (Å²) in [5, 5.41) is 12.5. The maximum absolute atomic E-state index is 11.9. The summed E-state index contributed by atoms with van der Waals surface area (Å²) in [5.41, 5.74) is -1.32. The van der Waals surface area contributed by atoms with E-state index < -0.39 is 34.5 Å². The molecule has 1 heterocycles. The fourth-order valence-electron chi connectivity index (χ4n) is 0.919. The third-order valence-corrected chi connectivity index (χ3v) is 1.63. The van der Waals surface area contributed by atoms with Crippen LogP contribution in [0.3, 0.4) is 0 Å². The maximum Gasteiger partial charge on any atom is 0.319 e. The first kappa shape index (κ1) is 11.5. The summed E-state index contributed by atoms with van der Waals surface area (Å²) < 4.78 is 24.4. The van der Waals surface area contributed by atoms with E-state index in [9.17, 15) is 23.7 Å². The Morgan fingerprint density at radius 1 is 1.73 bits per heavy atom. The zero-order chi connectivity index (χ0) is 11.6. The second-order valence-corrected chi connectivity index (χ2v) is 2.85. The van der Waals surface area contributed by atoms with E-state index in [4.69, 9.17) is 11.6 Å². The molecular formula is C6H4ClF2N3O3. The number of nitrogens with zero attached hydrogens (tertiary/aromatic N) is 3. The van der Waals surface area contributed by atoms with Gasteiger partial charge in [0, 0.05) is 0 Å². The molecule has 0 aliphatic carbocycles. The molecule has 0 amide bonds. The molecule has 82 valence electrons. The molecule has 0 aliphatic heterocycles. The van der Waals surface area contributed by atoms with Crippen LogP contribution in [0.25, 0.3) is 0 Å². The lowest BCUT2D eigenvalue weighted by molar-refractivity contribution is -0.385. The predicted molar refractivity (Wildman–Crippen MR) is 45.1 cm³/mol. The third-order valence-electron chi connectivity index (χ3n) is 1.45. The minimum atomic E-state index is -2.72. The summed E-state index contributed by atoms with van der Waals surface area (Å²) in [6.45, 7) is -0.828. The van der Waals surface area contributed by atoms with Gasteiger partial charge in [0.05, 0.1) is 4.92 Å². The summed E-state index contributed by atoms with van der Waals surface area (Å²) in [5.74, 6) is 0. The van der Waals surface area contributed by atoms with Crippen molar-refractivity contribution >= 4 is 22.5 Å². The number of rotatable bonds is 4. The highest BCUT2D eigenvalue weighted by Gasteiger charge is 2.24. The van der Waals surface area contributed by atoms with Crippen LogP contribution < -0.4 is 0 Å². The van der Waals surface area contributed by atoms with Gasteiger partial charge in [-0.1, -0.05) is 0 Å². The van der Waals surface area contributed by atoms with Crippen LogP contribution >= 0.6 is 11.6 Å². The van der Waals surface area contributed by atoms with E-state index in [1.165, 1.54) is 0 Å². The first-order valence-electron chi connectivity index (χ1n) is 3.61. The largest absolute Gasteiger partial charge is 0.319 e. The van der Waals surface area contributed by atoms with E-state index >= 15 is 0 Å². The quantitative estimate of drug-likeness (QED) is 0.452. The molecule has 0 aromatic carbocycles. The van der Waals surface area contributed by atoms with Crippen molar-refractivity contribution in [1.82, 2.24) is 9.78 Å². The summed E-state index contributed by atoms with van der Waals surface area (Å²) in [4.78, 5) is 20.1. The van der Waals surface area contributed by atoms with Gasteiger partial charge in [0.25, 0.3) is 11.7 Å². The molecule has 0 fully saturated rings. The van der Waals surface area contributed by atoms with Crippen LogP contribution in [0.5, 0.6) is 0 Å². The van der Waals surface area contributed by atoms with E-state index in [2.05, 4.69) is 5.10 Å². The van der Waals surface area contributed by atoms with Crippen molar-refractivity contribution in [2.24, 2.45) is 0 Å². The van der Waals surface area contributed by atoms with E-state index in [1.54, 1.807) is 0 Å². The second kappa shape index (κ2) is 4.30. The molecule has 0 atom stereocenters. The number of carbonyl (C=O) groups excluding carboxylic acids is 1. The number of carbonyl (C=O) groups is 1. The molecule has 9 heteroatoms. The lowest BCUT2D eigenvalue weighted by atomic mass is 10.4. The smallest absolute Gasteiger partial charge is 0.273 e. The normalized spacial score (nSPS) is 10.7. The fraction of sp³-hybridized carbons (Fsp3) is 0.333. The highest BCUT2D eigenvalue weighted by molar-refractivity contribution is 6.67. The molecule has 0 saturated carbocycles. The van der Waals surface area contributed by atoms with Crippen LogP contribution in [0.1, 0.15) is 10.5 Å². The Kier molecular flexibility index (Phi) is 3.30. The average molecular weight is 240 g/mol. The highest BCUT2D eigenvalue weighted by Crippen LogP contribution is 2.18. The Labute approximate surface area is 86.6 Å². The van der Waals surface area contributed by atoms with Gasteiger partial charge >= 0.3 is 5.69 Å². The minimum absolute atomic E-state index is 0.610. The molecule has 6 nitrogen and oxygen atoms in total. The van der Waals surface area contributed by atoms with Crippen molar-refractivity contribution < 1.29 is 18.5 Å². The molecule has 1 aromatic rings. The van der Waals surface area contributed by atoms with E-state index in [-0.39, 0.29) is 0 Å². The number of halogens is 3. The zero-order valence-corrected chi connectivity index (χ0v) is 7.82.